The van der Waals surface area contributed by atoms with Gasteiger partial charge >= 0.3 is 0 Å². The second-order valence-corrected chi connectivity index (χ2v) is 5.52. The van der Waals surface area contributed by atoms with Crippen LogP contribution in [0.4, 0.5) is 0 Å². The molecule has 0 aromatic carbocycles. The lowest BCUT2D eigenvalue weighted by Gasteiger charge is -1.98. The maximum atomic E-state index is 11.7. The second-order valence-electron chi connectivity index (χ2n) is 3.09. The van der Waals surface area contributed by atoms with Crippen LogP contribution in [0.5, 0.6) is 5.75 Å². The summed E-state index contributed by atoms with van der Waals surface area (Å²) in [5.41, 5.74) is 0. The third-order valence-electron chi connectivity index (χ3n) is 2.06. The van der Waals surface area contributed by atoms with Gasteiger partial charge in [0.1, 0.15) is 10.6 Å². The molecule has 4 heteroatoms. The standard InChI is InChI=1S/C9H9BrO2S/c1-12-6-4-7(10)13-9(6)8(11)5-2-3-5/h4-5H,2-3H2,1H3. The number of rotatable bonds is 3. The Morgan fingerprint density at radius 3 is 2.92 bits per heavy atom. The van der Waals surface area contributed by atoms with Crippen molar-refractivity contribution in [3.05, 3.63) is 14.7 Å². The van der Waals surface area contributed by atoms with Gasteiger partial charge in [-0.2, -0.15) is 0 Å². The number of hydrogen-bond donors (Lipinski definition) is 0. The molecule has 2 rings (SSSR count). The molecule has 1 fully saturated rings. The normalized spacial score (nSPS) is 15.8. The van der Waals surface area contributed by atoms with Gasteiger partial charge < -0.3 is 4.74 Å². The van der Waals surface area contributed by atoms with Crippen molar-refractivity contribution in [3.63, 3.8) is 0 Å². The number of carbonyl (C=O) groups is 1. The van der Waals surface area contributed by atoms with Crippen LogP contribution in [-0.4, -0.2) is 12.9 Å². The highest BCUT2D eigenvalue weighted by Crippen LogP contribution is 2.40. The van der Waals surface area contributed by atoms with Crippen molar-refractivity contribution in [1.82, 2.24) is 0 Å². The number of carbonyl (C=O) groups excluding carboxylic acids is 1. The number of ketones is 1. The predicted molar refractivity (Wildman–Crippen MR) is 55.6 cm³/mol. The Morgan fingerprint density at radius 1 is 1.69 bits per heavy atom. The number of methoxy groups -OCH3 is 1. The molecule has 1 heterocycles. The van der Waals surface area contributed by atoms with Crippen LogP contribution in [0.1, 0.15) is 22.5 Å². The van der Waals surface area contributed by atoms with E-state index in [1.54, 1.807) is 7.11 Å². The number of hydrogen-bond acceptors (Lipinski definition) is 3. The smallest absolute Gasteiger partial charge is 0.179 e. The zero-order valence-electron chi connectivity index (χ0n) is 7.17. The molecular weight excluding hydrogens is 252 g/mol. The Hall–Kier alpha value is -0.350. The van der Waals surface area contributed by atoms with E-state index in [1.165, 1.54) is 11.3 Å². The van der Waals surface area contributed by atoms with Gasteiger partial charge in [0.05, 0.1) is 10.9 Å². The van der Waals surface area contributed by atoms with Crippen molar-refractivity contribution in [2.24, 2.45) is 5.92 Å². The summed E-state index contributed by atoms with van der Waals surface area (Å²) in [5, 5.41) is 0. The fourth-order valence-electron chi connectivity index (χ4n) is 1.20. The van der Waals surface area contributed by atoms with Gasteiger partial charge in [-0.05, 0) is 28.8 Å². The summed E-state index contributed by atoms with van der Waals surface area (Å²) in [6.07, 6.45) is 2.08. The number of ether oxygens (including phenoxy) is 1. The second kappa shape index (κ2) is 3.42. The number of halogens is 1. The van der Waals surface area contributed by atoms with Crippen molar-refractivity contribution in [2.75, 3.05) is 7.11 Å². The molecule has 1 saturated carbocycles. The highest BCUT2D eigenvalue weighted by molar-refractivity contribution is 9.11. The van der Waals surface area contributed by atoms with Crippen LogP contribution in [0.15, 0.2) is 9.85 Å². The Morgan fingerprint density at radius 2 is 2.38 bits per heavy atom. The largest absolute Gasteiger partial charge is 0.495 e. The van der Waals surface area contributed by atoms with E-state index >= 15 is 0 Å². The van der Waals surface area contributed by atoms with Gasteiger partial charge in [-0.25, -0.2) is 0 Å². The first-order chi connectivity index (χ1) is 6.22. The SMILES string of the molecule is COc1cc(Br)sc1C(=O)C1CC1. The van der Waals surface area contributed by atoms with Gasteiger partial charge in [0.2, 0.25) is 0 Å². The topological polar surface area (TPSA) is 26.3 Å². The first kappa shape index (κ1) is 9.21. The van der Waals surface area contributed by atoms with Gasteiger partial charge in [-0.3, -0.25) is 4.79 Å². The molecule has 0 amide bonds. The summed E-state index contributed by atoms with van der Waals surface area (Å²) >= 11 is 4.81. The van der Waals surface area contributed by atoms with Crippen molar-refractivity contribution in [3.8, 4) is 5.75 Å². The minimum atomic E-state index is 0.243. The van der Waals surface area contributed by atoms with E-state index in [-0.39, 0.29) is 11.7 Å². The summed E-state index contributed by atoms with van der Waals surface area (Å²) in [6.45, 7) is 0. The van der Waals surface area contributed by atoms with Gasteiger partial charge in [0, 0.05) is 12.0 Å². The van der Waals surface area contributed by atoms with Crippen LogP contribution in [0.25, 0.3) is 0 Å². The van der Waals surface area contributed by atoms with E-state index in [1.807, 2.05) is 6.07 Å². The third kappa shape index (κ3) is 1.79. The van der Waals surface area contributed by atoms with Crippen molar-refractivity contribution < 1.29 is 9.53 Å². The predicted octanol–water partition coefficient (Wildman–Crippen LogP) is 3.11. The fourth-order valence-corrected chi connectivity index (χ4v) is 2.76. The summed E-state index contributed by atoms with van der Waals surface area (Å²) < 4.78 is 6.08. The number of Topliss-reactive ketones (excluding diaryl/α,β-unsaturated/α-hetero) is 1. The minimum absolute atomic E-state index is 0.243. The molecule has 13 heavy (non-hydrogen) atoms. The monoisotopic (exact) mass is 260 g/mol. The van der Waals surface area contributed by atoms with Crippen LogP contribution in [0.3, 0.4) is 0 Å². The molecule has 0 saturated heterocycles. The zero-order valence-corrected chi connectivity index (χ0v) is 9.57. The summed E-state index contributed by atoms with van der Waals surface area (Å²) in [4.78, 5) is 12.5. The molecule has 1 aromatic heterocycles. The lowest BCUT2D eigenvalue weighted by Crippen LogP contribution is -2.00. The van der Waals surface area contributed by atoms with E-state index in [2.05, 4.69) is 15.9 Å². The molecule has 2 nitrogen and oxygen atoms in total. The van der Waals surface area contributed by atoms with Gasteiger partial charge in [-0.15, -0.1) is 11.3 Å². The molecular formula is C9H9BrO2S. The lowest BCUT2D eigenvalue weighted by molar-refractivity contribution is 0.0969. The van der Waals surface area contributed by atoms with E-state index in [0.29, 0.717) is 5.75 Å². The van der Waals surface area contributed by atoms with E-state index in [4.69, 9.17) is 4.74 Å². The van der Waals surface area contributed by atoms with Crippen LogP contribution in [0, 0.1) is 5.92 Å². The van der Waals surface area contributed by atoms with Crippen LogP contribution in [0.2, 0.25) is 0 Å². The zero-order chi connectivity index (χ0) is 9.42. The third-order valence-corrected chi connectivity index (χ3v) is 3.69. The highest BCUT2D eigenvalue weighted by atomic mass is 79.9. The molecule has 1 aliphatic rings. The van der Waals surface area contributed by atoms with Crippen molar-refractivity contribution >= 4 is 33.0 Å². The fraction of sp³-hybridized carbons (Fsp3) is 0.444. The summed E-state index contributed by atoms with van der Waals surface area (Å²) in [6, 6.07) is 1.85. The molecule has 1 aromatic rings. The maximum absolute atomic E-state index is 11.7. The first-order valence-electron chi connectivity index (χ1n) is 4.10. The molecule has 0 bridgehead atoms. The van der Waals surface area contributed by atoms with Gasteiger partial charge in [0.15, 0.2) is 5.78 Å². The molecule has 0 atom stereocenters. The molecule has 0 aliphatic heterocycles. The Labute approximate surface area is 89.0 Å². The van der Waals surface area contributed by atoms with E-state index in [0.717, 1.165) is 21.5 Å². The highest BCUT2D eigenvalue weighted by Gasteiger charge is 2.33. The molecule has 1 aliphatic carbocycles. The molecule has 0 radical (unpaired) electrons. The lowest BCUT2D eigenvalue weighted by atomic mass is 10.2. The average Bonchev–Trinajstić information content (AvgIpc) is 2.88. The molecule has 0 unspecified atom stereocenters. The Bertz CT molecular complexity index is 341. The van der Waals surface area contributed by atoms with Gasteiger partial charge in [-0.1, -0.05) is 0 Å². The van der Waals surface area contributed by atoms with Crippen molar-refractivity contribution in [2.45, 2.75) is 12.8 Å². The quantitative estimate of drug-likeness (QED) is 0.781. The van der Waals surface area contributed by atoms with Crippen LogP contribution < -0.4 is 4.74 Å². The average molecular weight is 261 g/mol. The summed E-state index contributed by atoms with van der Waals surface area (Å²) in [7, 11) is 1.60. The van der Waals surface area contributed by atoms with Crippen LogP contribution >= 0.6 is 27.3 Å². The molecule has 0 N–H and O–H groups in total. The van der Waals surface area contributed by atoms with E-state index < -0.39 is 0 Å². The number of thiophene rings is 1. The maximum Gasteiger partial charge on any atom is 0.179 e. The van der Waals surface area contributed by atoms with Gasteiger partial charge in [0.25, 0.3) is 0 Å². The Kier molecular flexibility index (Phi) is 2.43. The van der Waals surface area contributed by atoms with Crippen molar-refractivity contribution in [1.29, 1.82) is 0 Å². The minimum Gasteiger partial charge on any atom is -0.495 e. The summed E-state index contributed by atoms with van der Waals surface area (Å²) in [5.74, 6) is 1.21. The first-order valence-corrected chi connectivity index (χ1v) is 5.71. The molecule has 0 spiro atoms. The van der Waals surface area contributed by atoms with E-state index in [9.17, 15) is 4.79 Å². The van der Waals surface area contributed by atoms with Crippen LogP contribution in [-0.2, 0) is 0 Å². The molecule has 70 valence electrons. The Balaban J connectivity index is 2.31.